The van der Waals surface area contributed by atoms with Crippen molar-refractivity contribution in [1.29, 1.82) is 0 Å². The number of amides is 1. The summed E-state index contributed by atoms with van der Waals surface area (Å²) in [6.45, 7) is 6.34. The van der Waals surface area contributed by atoms with Crippen molar-refractivity contribution in [3.8, 4) is 11.5 Å². The number of amidine groups is 1. The minimum atomic E-state index is -0.0793. The van der Waals surface area contributed by atoms with Gasteiger partial charge in [-0.05, 0) is 13.0 Å². The first kappa shape index (κ1) is 17.4. The third-order valence-corrected chi connectivity index (χ3v) is 3.84. The van der Waals surface area contributed by atoms with E-state index in [0.717, 1.165) is 0 Å². The lowest BCUT2D eigenvalue weighted by atomic mass is 10.2. The molecule has 0 spiro atoms. The van der Waals surface area contributed by atoms with Crippen LogP contribution in [0, 0.1) is 0 Å². The molecule has 0 saturated carbocycles. The fraction of sp³-hybridized carbons (Fsp3) is 0.267. The lowest BCUT2D eigenvalue weighted by Gasteiger charge is -2.12. The van der Waals surface area contributed by atoms with Gasteiger partial charge in [0.2, 0.25) is 5.91 Å². The van der Waals surface area contributed by atoms with Crippen molar-refractivity contribution in [3.05, 3.63) is 35.4 Å². The fourth-order valence-electron chi connectivity index (χ4n) is 1.70. The molecule has 2 rings (SSSR count). The first-order valence-electron chi connectivity index (χ1n) is 6.87. The van der Waals surface area contributed by atoms with E-state index in [1.165, 1.54) is 18.0 Å². The molecule has 1 aromatic carbocycles. The molecule has 1 heterocycles. The highest BCUT2D eigenvalue weighted by atomic mass is 35.5. The molecule has 0 bridgehead atoms. The number of nitrogens with one attached hydrogen (secondary N) is 1. The molecule has 1 aliphatic heterocycles. The van der Waals surface area contributed by atoms with E-state index in [9.17, 15) is 4.79 Å². The van der Waals surface area contributed by atoms with Crippen LogP contribution >= 0.6 is 23.4 Å². The summed E-state index contributed by atoms with van der Waals surface area (Å²) in [5.74, 6) is 1.39. The van der Waals surface area contributed by atoms with Gasteiger partial charge in [-0.25, -0.2) is 0 Å². The average Bonchev–Trinajstić information content (AvgIpc) is 2.94. The highest BCUT2D eigenvalue weighted by Crippen LogP contribution is 2.33. The fourth-order valence-corrected chi connectivity index (χ4v) is 2.54. The van der Waals surface area contributed by atoms with Crippen LogP contribution in [0.5, 0.6) is 11.5 Å². The lowest BCUT2D eigenvalue weighted by molar-refractivity contribution is -0.116. The normalized spacial score (nSPS) is 15.9. The van der Waals surface area contributed by atoms with Crippen LogP contribution in [-0.4, -0.2) is 36.3 Å². The maximum absolute atomic E-state index is 11.1. The van der Waals surface area contributed by atoms with Gasteiger partial charge < -0.3 is 14.8 Å². The summed E-state index contributed by atoms with van der Waals surface area (Å²) in [4.78, 5) is 11.1. The molecule has 0 atom stereocenters. The number of carbonyl (C=O) groups excluding carboxylic acids is 1. The second kappa shape index (κ2) is 8.59. The Morgan fingerprint density at radius 3 is 2.87 bits per heavy atom. The molecule has 0 unspecified atom stereocenters. The molecule has 1 aromatic rings. The summed E-state index contributed by atoms with van der Waals surface area (Å²) < 4.78 is 11.1. The van der Waals surface area contributed by atoms with E-state index >= 15 is 0 Å². The van der Waals surface area contributed by atoms with Crippen molar-refractivity contribution >= 4 is 40.7 Å². The molecule has 0 radical (unpaired) electrons. The van der Waals surface area contributed by atoms with Crippen LogP contribution in [0.15, 0.2) is 35.0 Å². The van der Waals surface area contributed by atoms with Gasteiger partial charge in [0, 0.05) is 11.6 Å². The van der Waals surface area contributed by atoms with E-state index in [1.807, 2.05) is 6.92 Å². The third-order valence-electron chi connectivity index (χ3n) is 2.65. The number of ether oxygens (including phenoxy) is 2. The largest absolute Gasteiger partial charge is 0.490 e. The smallest absolute Gasteiger partial charge is 0.236 e. The first-order chi connectivity index (χ1) is 11.1. The Morgan fingerprint density at radius 1 is 1.43 bits per heavy atom. The molecule has 1 aliphatic rings. The van der Waals surface area contributed by atoms with Gasteiger partial charge in [-0.2, -0.15) is 5.10 Å². The van der Waals surface area contributed by atoms with E-state index in [2.05, 4.69) is 22.1 Å². The van der Waals surface area contributed by atoms with Crippen LogP contribution in [0.25, 0.3) is 0 Å². The number of rotatable bonds is 7. The minimum Gasteiger partial charge on any atom is -0.490 e. The first-order valence-corrected chi connectivity index (χ1v) is 8.24. The topological polar surface area (TPSA) is 72.3 Å². The molecule has 0 aliphatic carbocycles. The number of halogens is 1. The standard InChI is InChI=1S/C15H16ClN3O3S/c1-3-5-22-13-7-11(16)10(6-12(13)21-4-2)8-17-19-15-18-14(20)9-23-15/h3,6-8H,1,4-5,9H2,2H3,(H,18,19,20). The molecule has 1 amide bonds. The van der Waals surface area contributed by atoms with E-state index in [-0.39, 0.29) is 5.91 Å². The number of nitrogens with zero attached hydrogens (tertiary/aromatic N) is 2. The van der Waals surface area contributed by atoms with Crippen LogP contribution in [0.2, 0.25) is 5.02 Å². The summed E-state index contributed by atoms with van der Waals surface area (Å²) in [5, 5.41) is 11.4. The average molecular weight is 354 g/mol. The van der Waals surface area contributed by atoms with E-state index in [4.69, 9.17) is 21.1 Å². The number of hydrogen-bond acceptors (Lipinski definition) is 6. The zero-order chi connectivity index (χ0) is 16.7. The van der Waals surface area contributed by atoms with E-state index in [0.29, 0.717) is 46.2 Å². The van der Waals surface area contributed by atoms with Crippen LogP contribution in [-0.2, 0) is 4.79 Å². The minimum absolute atomic E-state index is 0.0793. The Labute approximate surface area is 143 Å². The highest BCUT2D eigenvalue weighted by molar-refractivity contribution is 8.15. The maximum atomic E-state index is 11.1. The molecule has 0 aromatic heterocycles. The molecule has 1 saturated heterocycles. The second-order valence-corrected chi connectivity index (χ2v) is 5.71. The van der Waals surface area contributed by atoms with Crippen molar-refractivity contribution in [1.82, 2.24) is 5.32 Å². The lowest BCUT2D eigenvalue weighted by Crippen LogP contribution is -2.19. The van der Waals surface area contributed by atoms with Crippen LogP contribution in [0.4, 0.5) is 0 Å². The predicted octanol–water partition coefficient (Wildman–Crippen LogP) is 2.86. The van der Waals surface area contributed by atoms with Crippen molar-refractivity contribution in [2.24, 2.45) is 10.2 Å². The zero-order valence-corrected chi connectivity index (χ0v) is 14.1. The Morgan fingerprint density at radius 2 is 2.22 bits per heavy atom. The Kier molecular flexibility index (Phi) is 6.49. The van der Waals surface area contributed by atoms with E-state index in [1.54, 1.807) is 18.2 Å². The van der Waals surface area contributed by atoms with E-state index < -0.39 is 0 Å². The molecule has 8 heteroatoms. The molecule has 122 valence electrons. The van der Waals surface area contributed by atoms with Crippen LogP contribution in [0.3, 0.4) is 0 Å². The van der Waals surface area contributed by atoms with Gasteiger partial charge >= 0.3 is 0 Å². The van der Waals surface area contributed by atoms with Gasteiger partial charge in [0.25, 0.3) is 0 Å². The summed E-state index contributed by atoms with van der Waals surface area (Å²) in [7, 11) is 0. The molecule has 6 nitrogen and oxygen atoms in total. The van der Waals surface area contributed by atoms with Gasteiger partial charge in [-0.15, -0.1) is 5.10 Å². The van der Waals surface area contributed by atoms with Gasteiger partial charge in [0.1, 0.15) is 6.61 Å². The Hall–Kier alpha value is -1.99. The van der Waals surface area contributed by atoms with Crippen molar-refractivity contribution < 1.29 is 14.3 Å². The third kappa shape index (κ3) is 5.01. The number of benzene rings is 1. The summed E-state index contributed by atoms with van der Waals surface area (Å²) in [6, 6.07) is 3.39. The van der Waals surface area contributed by atoms with Crippen molar-refractivity contribution in [3.63, 3.8) is 0 Å². The van der Waals surface area contributed by atoms with Gasteiger partial charge in [-0.1, -0.05) is 36.0 Å². The van der Waals surface area contributed by atoms with Crippen molar-refractivity contribution in [2.75, 3.05) is 19.0 Å². The monoisotopic (exact) mass is 353 g/mol. The summed E-state index contributed by atoms with van der Waals surface area (Å²) in [6.07, 6.45) is 3.14. The quantitative estimate of drug-likeness (QED) is 0.465. The molecule has 1 fully saturated rings. The molecule has 23 heavy (non-hydrogen) atoms. The molecular weight excluding hydrogens is 338 g/mol. The summed E-state index contributed by atoms with van der Waals surface area (Å²) in [5.41, 5.74) is 0.639. The molecular formula is C15H16ClN3O3S. The number of carbonyl (C=O) groups is 1. The number of hydrogen-bond donors (Lipinski definition) is 1. The van der Waals surface area contributed by atoms with Gasteiger partial charge in [-0.3, -0.25) is 4.79 Å². The van der Waals surface area contributed by atoms with Crippen LogP contribution < -0.4 is 14.8 Å². The second-order valence-electron chi connectivity index (χ2n) is 4.34. The summed E-state index contributed by atoms with van der Waals surface area (Å²) >= 11 is 7.52. The maximum Gasteiger partial charge on any atom is 0.236 e. The van der Waals surface area contributed by atoms with Crippen LogP contribution in [0.1, 0.15) is 12.5 Å². The Balaban J connectivity index is 2.19. The highest BCUT2D eigenvalue weighted by Gasteiger charge is 2.16. The van der Waals surface area contributed by atoms with Gasteiger partial charge in [0.15, 0.2) is 16.7 Å². The number of thioether (sulfide) groups is 1. The molecule has 1 N–H and O–H groups in total. The SMILES string of the molecule is C=CCOc1cc(Cl)c(C=NN=C2NC(=O)CS2)cc1OCC. The zero-order valence-electron chi connectivity index (χ0n) is 12.5. The predicted molar refractivity (Wildman–Crippen MR) is 93.9 cm³/mol. The van der Waals surface area contributed by atoms with Gasteiger partial charge in [0.05, 0.1) is 23.6 Å². The Bertz CT molecular complexity index is 662. The van der Waals surface area contributed by atoms with Crippen molar-refractivity contribution in [2.45, 2.75) is 6.92 Å².